The van der Waals surface area contributed by atoms with Gasteiger partial charge in [0, 0.05) is 13.1 Å². The molecule has 1 aromatic rings. The molecular weight excluding hydrogens is 286 g/mol. The van der Waals surface area contributed by atoms with Crippen LogP contribution in [0.3, 0.4) is 0 Å². The summed E-state index contributed by atoms with van der Waals surface area (Å²) >= 11 is 0. The quantitative estimate of drug-likeness (QED) is 0.844. The summed E-state index contributed by atoms with van der Waals surface area (Å²) in [6, 6.07) is 10.7. The third-order valence-corrected chi connectivity index (χ3v) is 4.57. The van der Waals surface area contributed by atoms with Crippen LogP contribution in [0.5, 0.6) is 0 Å². The van der Waals surface area contributed by atoms with Gasteiger partial charge in [0.25, 0.3) is 0 Å². The van der Waals surface area contributed by atoms with Crippen molar-refractivity contribution in [1.29, 1.82) is 0 Å². The fourth-order valence-electron chi connectivity index (χ4n) is 3.02. The summed E-state index contributed by atoms with van der Waals surface area (Å²) in [4.78, 5) is 14.5. The summed E-state index contributed by atoms with van der Waals surface area (Å²) in [5.74, 6) is 1.28. The van der Waals surface area contributed by atoms with Gasteiger partial charge in [0.1, 0.15) is 0 Å². The number of nitrogens with zero attached hydrogens (tertiary/aromatic N) is 1. The van der Waals surface area contributed by atoms with Gasteiger partial charge in [0.2, 0.25) is 0 Å². The standard InChI is InChI=1S/C19H31N3O/c1-15(2)13-20-19(23)21-14-18(17-7-5-4-6-8-17)22-11-9-16(3)10-12-22/h4-8,15-16,18H,9-14H2,1-3H3,(H2,20,21,23). The molecule has 1 atom stereocenters. The van der Waals surface area contributed by atoms with Crippen molar-refractivity contribution in [3.63, 3.8) is 0 Å². The Balaban J connectivity index is 1.95. The van der Waals surface area contributed by atoms with Gasteiger partial charge in [-0.15, -0.1) is 0 Å². The van der Waals surface area contributed by atoms with Crippen LogP contribution in [-0.2, 0) is 0 Å². The topological polar surface area (TPSA) is 44.4 Å². The number of hydrogen-bond acceptors (Lipinski definition) is 2. The Hall–Kier alpha value is -1.55. The molecule has 4 nitrogen and oxygen atoms in total. The van der Waals surface area contributed by atoms with Crippen molar-refractivity contribution in [2.75, 3.05) is 26.2 Å². The first-order valence-electron chi connectivity index (χ1n) is 8.87. The molecule has 1 fully saturated rings. The van der Waals surface area contributed by atoms with E-state index in [0.29, 0.717) is 19.0 Å². The molecule has 1 saturated heterocycles. The Bertz CT molecular complexity index is 467. The van der Waals surface area contributed by atoms with Gasteiger partial charge in [-0.05, 0) is 43.3 Å². The highest BCUT2D eigenvalue weighted by Crippen LogP contribution is 2.26. The van der Waals surface area contributed by atoms with Crippen LogP contribution >= 0.6 is 0 Å². The van der Waals surface area contributed by atoms with Gasteiger partial charge in [-0.3, -0.25) is 4.90 Å². The highest BCUT2D eigenvalue weighted by atomic mass is 16.2. The van der Waals surface area contributed by atoms with Crippen molar-refractivity contribution in [2.45, 2.75) is 39.7 Å². The van der Waals surface area contributed by atoms with E-state index in [-0.39, 0.29) is 12.1 Å². The number of hydrogen-bond donors (Lipinski definition) is 2. The van der Waals surface area contributed by atoms with Crippen molar-refractivity contribution in [3.8, 4) is 0 Å². The second-order valence-corrected chi connectivity index (χ2v) is 7.13. The predicted molar refractivity (Wildman–Crippen MR) is 95.4 cm³/mol. The zero-order valence-corrected chi connectivity index (χ0v) is 14.7. The summed E-state index contributed by atoms with van der Waals surface area (Å²) in [5, 5.41) is 5.98. The van der Waals surface area contributed by atoms with E-state index in [1.54, 1.807) is 0 Å². The van der Waals surface area contributed by atoms with Crippen LogP contribution in [0.15, 0.2) is 30.3 Å². The van der Waals surface area contributed by atoms with E-state index in [1.807, 2.05) is 6.07 Å². The molecular formula is C19H31N3O. The lowest BCUT2D eigenvalue weighted by Gasteiger charge is -2.37. The number of amides is 2. The molecule has 0 bridgehead atoms. The van der Waals surface area contributed by atoms with E-state index in [4.69, 9.17) is 0 Å². The van der Waals surface area contributed by atoms with Gasteiger partial charge in [0.05, 0.1) is 6.04 Å². The number of rotatable bonds is 6. The van der Waals surface area contributed by atoms with Crippen LogP contribution in [-0.4, -0.2) is 37.1 Å². The van der Waals surface area contributed by atoms with Gasteiger partial charge in [-0.25, -0.2) is 4.79 Å². The second-order valence-electron chi connectivity index (χ2n) is 7.13. The number of benzene rings is 1. The zero-order chi connectivity index (χ0) is 16.7. The number of urea groups is 1. The smallest absolute Gasteiger partial charge is 0.314 e. The first kappa shape index (κ1) is 17.8. The number of likely N-dealkylation sites (tertiary alicyclic amines) is 1. The first-order valence-corrected chi connectivity index (χ1v) is 8.87. The van der Waals surface area contributed by atoms with E-state index in [2.05, 4.69) is 60.6 Å². The molecule has 2 rings (SSSR count). The summed E-state index contributed by atoms with van der Waals surface area (Å²) in [6.07, 6.45) is 2.48. The predicted octanol–water partition coefficient (Wildman–Crippen LogP) is 3.41. The fraction of sp³-hybridized carbons (Fsp3) is 0.632. The molecule has 128 valence electrons. The molecule has 1 unspecified atom stereocenters. The molecule has 1 heterocycles. The minimum Gasteiger partial charge on any atom is -0.338 e. The van der Waals surface area contributed by atoms with E-state index >= 15 is 0 Å². The summed E-state index contributed by atoms with van der Waals surface area (Å²) < 4.78 is 0. The molecule has 0 radical (unpaired) electrons. The minimum absolute atomic E-state index is 0.0648. The molecule has 0 spiro atoms. The Kier molecular flexibility index (Phi) is 6.90. The third kappa shape index (κ3) is 5.87. The number of carbonyl (C=O) groups excluding carboxylic acids is 1. The number of nitrogens with one attached hydrogen (secondary N) is 2. The van der Waals surface area contributed by atoms with Crippen molar-refractivity contribution in [1.82, 2.24) is 15.5 Å². The zero-order valence-electron chi connectivity index (χ0n) is 14.7. The Morgan fingerprint density at radius 3 is 2.35 bits per heavy atom. The van der Waals surface area contributed by atoms with E-state index < -0.39 is 0 Å². The van der Waals surface area contributed by atoms with Crippen LogP contribution in [0.4, 0.5) is 4.79 Å². The fourth-order valence-corrected chi connectivity index (χ4v) is 3.02. The van der Waals surface area contributed by atoms with Crippen LogP contribution < -0.4 is 10.6 Å². The lowest BCUT2D eigenvalue weighted by molar-refractivity contribution is 0.136. The second kappa shape index (κ2) is 8.92. The highest BCUT2D eigenvalue weighted by molar-refractivity contribution is 5.73. The summed E-state index contributed by atoms with van der Waals surface area (Å²) in [6.45, 7) is 10.1. The molecule has 0 saturated carbocycles. The molecule has 23 heavy (non-hydrogen) atoms. The SMILES string of the molecule is CC(C)CNC(=O)NCC(c1ccccc1)N1CCC(C)CC1. The van der Waals surface area contributed by atoms with Gasteiger partial charge in [-0.2, -0.15) is 0 Å². The van der Waals surface area contributed by atoms with Crippen molar-refractivity contribution in [2.24, 2.45) is 11.8 Å². The molecule has 2 N–H and O–H groups in total. The lowest BCUT2D eigenvalue weighted by atomic mass is 9.96. The maximum Gasteiger partial charge on any atom is 0.314 e. The number of piperidine rings is 1. The molecule has 1 aliphatic rings. The molecule has 1 aliphatic heterocycles. The molecule has 0 aromatic heterocycles. The van der Waals surface area contributed by atoms with Gasteiger partial charge in [-0.1, -0.05) is 51.1 Å². The largest absolute Gasteiger partial charge is 0.338 e. The minimum atomic E-state index is -0.0648. The summed E-state index contributed by atoms with van der Waals surface area (Å²) in [5.41, 5.74) is 1.28. The maximum atomic E-state index is 12.0. The Morgan fingerprint density at radius 2 is 1.74 bits per heavy atom. The Morgan fingerprint density at radius 1 is 1.13 bits per heavy atom. The van der Waals surface area contributed by atoms with Crippen LogP contribution in [0, 0.1) is 11.8 Å². The molecule has 2 amide bonds. The average molecular weight is 317 g/mol. The van der Waals surface area contributed by atoms with Crippen molar-refractivity contribution < 1.29 is 4.79 Å². The van der Waals surface area contributed by atoms with E-state index in [0.717, 1.165) is 19.0 Å². The average Bonchev–Trinajstić information content (AvgIpc) is 2.55. The van der Waals surface area contributed by atoms with Gasteiger partial charge >= 0.3 is 6.03 Å². The highest BCUT2D eigenvalue weighted by Gasteiger charge is 2.24. The molecule has 4 heteroatoms. The van der Waals surface area contributed by atoms with Crippen LogP contribution in [0.25, 0.3) is 0 Å². The molecule has 1 aromatic carbocycles. The maximum absolute atomic E-state index is 12.0. The van der Waals surface area contributed by atoms with E-state index in [1.165, 1.54) is 18.4 Å². The van der Waals surface area contributed by atoms with Crippen LogP contribution in [0.2, 0.25) is 0 Å². The lowest BCUT2D eigenvalue weighted by Crippen LogP contribution is -2.45. The molecule has 0 aliphatic carbocycles. The van der Waals surface area contributed by atoms with Gasteiger partial charge in [0.15, 0.2) is 0 Å². The third-order valence-electron chi connectivity index (χ3n) is 4.57. The summed E-state index contributed by atoms with van der Waals surface area (Å²) in [7, 11) is 0. The Labute approximate surface area is 140 Å². The van der Waals surface area contributed by atoms with Gasteiger partial charge < -0.3 is 10.6 Å². The van der Waals surface area contributed by atoms with Crippen LogP contribution in [0.1, 0.15) is 45.2 Å². The normalized spacial score (nSPS) is 17.9. The van der Waals surface area contributed by atoms with Crippen molar-refractivity contribution >= 4 is 6.03 Å². The first-order chi connectivity index (χ1) is 11.1. The monoisotopic (exact) mass is 317 g/mol. The van der Waals surface area contributed by atoms with E-state index in [9.17, 15) is 4.79 Å². The number of carbonyl (C=O) groups is 1. The van der Waals surface area contributed by atoms with Crippen molar-refractivity contribution in [3.05, 3.63) is 35.9 Å².